The molecule has 0 saturated carbocycles. The molecule has 188 valence electrons. The van der Waals surface area contributed by atoms with Crippen LogP contribution < -0.4 is 9.64 Å². The van der Waals surface area contributed by atoms with Crippen molar-refractivity contribution in [3.05, 3.63) is 140 Å². The molecule has 0 bridgehead atoms. The van der Waals surface area contributed by atoms with Crippen molar-refractivity contribution < 1.29 is 4.74 Å². The van der Waals surface area contributed by atoms with Gasteiger partial charge in [0, 0.05) is 17.3 Å². The highest BCUT2D eigenvalue weighted by atomic mass is 16.5. The molecule has 0 unspecified atom stereocenters. The fourth-order valence-corrected chi connectivity index (χ4v) is 5.70. The van der Waals surface area contributed by atoms with E-state index in [1.807, 2.05) is 48.7 Å². The lowest BCUT2D eigenvalue weighted by molar-refractivity contribution is 0.477. The highest BCUT2D eigenvalue weighted by Gasteiger charge is 2.25. The van der Waals surface area contributed by atoms with Crippen LogP contribution >= 0.6 is 0 Å². The lowest BCUT2D eigenvalue weighted by Gasteiger charge is -2.32. The third-order valence-electron chi connectivity index (χ3n) is 7.60. The highest BCUT2D eigenvalue weighted by Crippen LogP contribution is 2.50. The number of benzene rings is 6. The summed E-state index contributed by atoms with van der Waals surface area (Å²) in [5.41, 5.74) is 8.70. The molecule has 0 spiro atoms. The molecule has 4 nitrogen and oxygen atoms in total. The van der Waals surface area contributed by atoms with Crippen molar-refractivity contribution in [3.8, 4) is 33.8 Å². The van der Waals surface area contributed by atoms with Gasteiger partial charge in [0.2, 0.25) is 0 Å². The van der Waals surface area contributed by atoms with Crippen molar-refractivity contribution in [1.82, 2.24) is 9.97 Å². The molecule has 2 heterocycles. The van der Waals surface area contributed by atoms with E-state index in [0.29, 0.717) is 0 Å². The summed E-state index contributed by atoms with van der Waals surface area (Å²) < 4.78 is 6.20. The molecular weight excluding hydrogens is 490 g/mol. The predicted octanol–water partition coefficient (Wildman–Crippen LogP) is 9.69. The predicted molar refractivity (Wildman–Crippen MR) is 163 cm³/mol. The van der Waals surface area contributed by atoms with E-state index in [-0.39, 0.29) is 0 Å². The maximum Gasteiger partial charge on any atom is 0.151 e. The van der Waals surface area contributed by atoms with Crippen LogP contribution in [0.5, 0.6) is 11.5 Å². The zero-order chi connectivity index (χ0) is 26.5. The number of nitrogens with zero attached hydrogens (tertiary/aromatic N) is 3. The summed E-state index contributed by atoms with van der Waals surface area (Å²) in [5, 5.41) is 3.38. The Kier molecular flexibility index (Phi) is 5.10. The second-order valence-corrected chi connectivity index (χ2v) is 9.93. The fourth-order valence-electron chi connectivity index (χ4n) is 5.70. The van der Waals surface area contributed by atoms with Crippen LogP contribution in [0.15, 0.2) is 140 Å². The fraction of sp³-hybridized carbons (Fsp3) is 0. The topological polar surface area (TPSA) is 38.2 Å². The first-order chi connectivity index (χ1) is 19.8. The van der Waals surface area contributed by atoms with Crippen molar-refractivity contribution in [1.29, 1.82) is 0 Å². The van der Waals surface area contributed by atoms with E-state index >= 15 is 0 Å². The Hall–Kier alpha value is -5.48. The van der Waals surface area contributed by atoms with Gasteiger partial charge in [0.1, 0.15) is 6.33 Å². The van der Waals surface area contributed by atoms with Gasteiger partial charge in [-0.2, -0.15) is 0 Å². The molecule has 0 aliphatic carbocycles. The van der Waals surface area contributed by atoms with Crippen LogP contribution in [-0.4, -0.2) is 9.97 Å². The van der Waals surface area contributed by atoms with E-state index in [4.69, 9.17) is 4.74 Å². The summed E-state index contributed by atoms with van der Waals surface area (Å²) in [6, 6.07) is 44.4. The van der Waals surface area contributed by atoms with Gasteiger partial charge in [-0.3, -0.25) is 0 Å². The van der Waals surface area contributed by atoms with E-state index in [2.05, 4.69) is 99.8 Å². The monoisotopic (exact) mass is 513 g/mol. The number of hydrogen-bond acceptors (Lipinski definition) is 4. The summed E-state index contributed by atoms with van der Waals surface area (Å²) in [4.78, 5) is 11.2. The number of rotatable bonds is 3. The van der Waals surface area contributed by atoms with Crippen LogP contribution in [0.2, 0.25) is 0 Å². The number of fused-ring (bicyclic) bond motifs is 5. The van der Waals surface area contributed by atoms with E-state index < -0.39 is 0 Å². The molecule has 8 rings (SSSR count). The first-order valence-electron chi connectivity index (χ1n) is 13.3. The van der Waals surface area contributed by atoms with E-state index in [0.717, 1.165) is 56.0 Å². The summed E-state index contributed by atoms with van der Waals surface area (Å²) in [5.74, 6) is 1.69. The average molecular weight is 514 g/mol. The van der Waals surface area contributed by atoms with Crippen LogP contribution in [0.1, 0.15) is 0 Å². The smallest absolute Gasteiger partial charge is 0.151 e. The molecule has 0 amide bonds. The largest absolute Gasteiger partial charge is 0.453 e. The van der Waals surface area contributed by atoms with Crippen LogP contribution in [-0.2, 0) is 0 Å². The Morgan fingerprint density at radius 3 is 1.95 bits per heavy atom. The van der Waals surface area contributed by atoms with Gasteiger partial charge in [-0.25, -0.2) is 9.97 Å². The summed E-state index contributed by atoms with van der Waals surface area (Å²) >= 11 is 0. The maximum absolute atomic E-state index is 6.20. The van der Waals surface area contributed by atoms with Crippen LogP contribution in [0, 0.1) is 0 Å². The molecule has 1 aliphatic heterocycles. The highest BCUT2D eigenvalue weighted by molar-refractivity contribution is 6.13. The molecule has 0 fully saturated rings. The first-order valence-corrected chi connectivity index (χ1v) is 13.3. The van der Waals surface area contributed by atoms with Gasteiger partial charge in [0.25, 0.3) is 0 Å². The molecule has 0 N–H and O–H groups in total. The minimum Gasteiger partial charge on any atom is -0.453 e. The Morgan fingerprint density at radius 2 is 1.20 bits per heavy atom. The van der Waals surface area contributed by atoms with Crippen LogP contribution in [0.25, 0.3) is 43.9 Å². The van der Waals surface area contributed by atoms with E-state index in [1.165, 1.54) is 16.5 Å². The summed E-state index contributed by atoms with van der Waals surface area (Å²) in [7, 11) is 0. The number of para-hydroxylation sites is 4. The Balaban J connectivity index is 1.27. The van der Waals surface area contributed by atoms with Crippen LogP contribution in [0.4, 0.5) is 17.1 Å². The quantitative estimate of drug-likeness (QED) is 0.220. The SMILES string of the molecule is c1ccc(-c2ccc3c(-c4ccc(N5c6ccccc6Oc6ccccc65)cc4)cc4ncncc4c3c2)cc1. The average Bonchev–Trinajstić information content (AvgIpc) is 3.03. The minimum absolute atomic E-state index is 0.847. The molecule has 0 atom stereocenters. The van der Waals surface area contributed by atoms with E-state index in [1.54, 1.807) is 6.33 Å². The molecule has 7 aromatic rings. The molecule has 1 aliphatic rings. The second kappa shape index (κ2) is 9.07. The number of hydrogen-bond donors (Lipinski definition) is 0. The van der Waals surface area contributed by atoms with Crippen molar-refractivity contribution in [2.75, 3.05) is 4.90 Å². The van der Waals surface area contributed by atoms with Gasteiger partial charge in [-0.1, -0.05) is 78.9 Å². The summed E-state index contributed by atoms with van der Waals surface area (Å²) in [6.45, 7) is 0. The van der Waals surface area contributed by atoms with Crippen molar-refractivity contribution in [2.24, 2.45) is 0 Å². The van der Waals surface area contributed by atoms with Crippen molar-refractivity contribution in [2.45, 2.75) is 0 Å². The minimum atomic E-state index is 0.847. The first kappa shape index (κ1) is 22.5. The number of anilines is 3. The van der Waals surface area contributed by atoms with Gasteiger partial charge in [-0.05, 0) is 81.6 Å². The van der Waals surface area contributed by atoms with Crippen LogP contribution in [0.3, 0.4) is 0 Å². The molecule has 4 heteroatoms. The lowest BCUT2D eigenvalue weighted by atomic mass is 9.93. The maximum atomic E-state index is 6.20. The van der Waals surface area contributed by atoms with Gasteiger partial charge >= 0.3 is 0 Å². The Morgan fingerprint density at radius 1 is 0.525 bits per heavy atom. The second-order valence-electron chi connectivity index (χ2n) is 9.93. The van der Waals surface area contributed by atoms with Gasteiger partial charge in [-0.15, -0.1) is 0 Å². The number of aromatic nitrogens is 2. The van der Waals surface area contributed by atoms with Gasteiger partial charge in [0.05, 0.1) is 16.9 Å². The van der Waals surface area contributed by atoms with Crippen molar-refractivity contribution >= 4 is 38.7 Å². The zero-order valence-electron chi connectivity index (χ0n) is 21.5. The summed E-state index contributed by atoms with van der Waals surface area (Å²) in [6.07, 6.45) is 3.54. The third-order valence-corrected chi connectivity index (χ3v) is 7.60. The normalized spacial score (nSPS) is 12.2. The third kappa shape index (κ3) is 3.62. The zero-order valence-corrected chi connectivity index (χ0v) is 21.5. The van der Waals surface area contributed by atoms with E-state index in [9.17, 15) is 0 Å². The molecule has 0 saturated heterocycles. The van der Waals surface area contributed by atoms with Crippen molar-refractivity contribution in [3.63, 3.8) is 0 Å². The molecule has 40 heavy (non-hydrogen) atoms. The number of ether oxygens (including phenoxy) is 1. The molecule has 1 aromatic heterocycles. The van der Waals surface area contributed by atoms with Gasteiger partial charge in [0.15, 0.2) is 11.5 Å². The molecular formula is C36H23N3O. The lowest BCUT2D eigenvalue weighted by Crippen LogP contribution is -2.15. The molecule has 6 aromatic carbocycles. The standard InChI is InChI=1S/C36H23N3O/c1-2-8-24(9-3-1)26-16-19-28-29(21-32-31(30(28)20-26)22-37-23-38-32)25-14-17-27(18-15-25)39-33-10-4-6-12-35(33)40-36-13-7-5-11-34(36)39/h1-23H. The Labute approximate surface area is 231 Å². The molecule has 0 radical (unpaired) electrons. The van der Waals surface area contributed by atoms with Gasteiger partial charge < -0.3 is 9.64 Å². The Bertz CT molecular complexity index is 1990.